The Morgan fingerprint density at radius 1 is 0.975 bits per heavy atom. The third-order valence-electron chi connectivity index (χ3n) is 5.88. The maximum atomic E-state index is 13.6. The summed E-state index contributed by atoms with van der Waals surface area (Å²) in [5, 5.41) is 2.22. The Labute approximate surface area is 239 Å². The van der Waals surface area contributed by atoms with Crippen LogP contribution in [-0.4, -0.2) is 31.1 Å². The van der Waals surface area contributed by atoms with E-state index in [1.54, 1.807) is 55.5 Å². The zero-order valence-corrected chi connectivity index (χ0v) is 23.6. The minimum Gasteiger partial charge on any atom is -0.494 e. The minimum atomic E-state index is -0.843. The van der Waals surface area contributed by atoms with Crippen LogP contribution in [0.4, 0.5) is 14.9 Å². The van der Waals surface area contributed by atoms with Crippen LogP contribution in [0.25, 0.3) is 6.08 Å². The Morgan fingerprint density at radius 2 is 1.75 bits per heavy atom. The van der Waals surface area contributed by atoms with Crippen LogP contribution in [-0.2, 0) is 16.2 Å². The molecule has 8 nitrogen and oxygen atoms in total. The van der Waals surface area contributed by atoms with Crippen LogP contribution in [0.3, 0.4) is 0 Å². The predicted octanol–water partition coefficient (Wildman–Crippen LogP) is 6.41. The number of ether oxygens (including phenoxy) is 3. The van der Waals surface area contributed by atoms with Gasteiger partial charge in [-0.2, -0.15) is 0 Å². The summed E-state index contributed by atoms with van der Waals surface area (Å²) < 4.78 is 31.4. The van der Waals surface area contributed by atoms with E-state index >= 15 is 0 Å². The molecular weight excluding hydrogens is 583 g/mol. The largest absolute Gasteiger partial charge is 0.494 e. The topological polar surface area (TPSA) is 94.2 Å². The van der Waals surface area contributed by atoms with Crippen molar-refractivity contribution in [1.82, 2.24) is 5.32 Å². The van der Waals surface area contributed by atoms with E-state index in [0.29, 0.717) is 51.7 Å². The summed E-state index contributed by atoms with van der Waals surface area (Å²) in [6.07, 6.45) is 3.28. The molecule has 1 N–H and O–H groups in total. The number of unbranched alkanes of at least 4 members (excludes halogenated alkanes) is 1. The van der Waals surface area contributed by atoms with Gasteiger partial charge in [-0.25, -0.2) is 14.1 Å². The van der Waals surface area contributed by atoms with E-state index < -0.39 is 17.8 Å². The van der Waals surface area contributed by atoms with Gasteiger partial charge in [0.25, 0.3) is 11.8 Å². The highest BCUT2D eigenvalue weighted by Gasteiger charge is 2.37. The van der Waals surface area contributed by atoms with Crippen LogP contribution in [0.15, 0.2) is 70.7 Å². The molecule has 3 aromatic rings. The lowest BCUT2D eigenvalue weighted by Gasteiger charge is -2.26. The summed E-state index contributed by atoms with van der Waals surface area (Å²) in [6, 6.07) is 15.0. The van der Waals surface area contributed by atoms with E-state index in [1.165, 1.54) is 18.2 Å². The molecule has 1 fully saturated rings. The Hall–Kier alpha value is -4.18. The zero-order chi connectivity index (χ0) is 28.6. The first-order chi connectivity index (χ1) is 19.3. The van der Waals surface area contributed by atoms with E-state index in [1.807, 2.05) is 0 Å². The fourth-order valence-electron chi connectivity index (χ4n) is 3.94. The summed E-state index contributed by atoms with van der Waals surface area (Å²) in [7, 11) is 0. The van der Waals surface area contributed by atoms with Gasteiger partial charge in [0.05, 0.1) is 23.4 Å². The first kappa shape index (κ1) is 28.8. The van der Waals surface area contributed by atoms with E-state index in [9.17, 15) is 18.8 Å². The van der Waals surface area contributed by atoms with Crippen LogP contribution in [0.1, 0.15) is 37.8 Å². The number of urea groups is 1. The molecule has 0 aromatic heterocycles. The molecule has 4 amide bonds. The Balaban J connectivity index is 1.59. The molecule has 4 rings (SSSR count). The highest BCUT2D eigenvalue weighted by Crippen LogP contribution is 2.38. The van der Waals surface area contributed by atoms with Gasteiger partial charge in [-0.05, 0) is 95.0 Å². The predicted molar refractivity (Wildman–Crippen MR) is 152 cm³/mol. The molecule has 1 aliphatic heterocycles. The number of carbonyl (C=O) groups excluding carboxylic acids is 3. The Bertz CT molecular complexity index is 1440. The molecule has 1 aliphatic rings. The van der Waals surface area contributed by atoms with E-state index in [0.717, 1.165) is 17.7 Å². The van der Waals surface area contributed by atoms with Gasteiger partial charge in [-0.15, -0.1) is 0 Å². The van der Waals surface area contributed by atoms with E-state index in [2.05, 4.69) is 28.2 Å². The SMILES string of the molecule is CCCCOc1ccc(N2C(=O)NC(=O)/C(=C/c3cc(Br)c(OCc4cccc(F)c4)c(OCC)c3)C2=O)cc1. The van der Waals surface area contributed by atoms with Crippen molar-refractivity contribution in [2.75, 3.05) is 18.1 Å². The maximum Gasteiger partial charge on any atom is 0.335 e. The number of amides is 4. The van der Waals surface area contributed by atoms with Crippen molar-refractivity contribution in [3.63, 3.8) is 0 Å². The number of rotatable bonds is 11. The standard InChI is InChI=1S/C30H28BrFN2O6/c1-3-5-13-39-23-11-9-22(10-12-23)34-29(36)24(28(35)33-30(34)37)15-20-16-25(31)27(26(17-20)38-4-2)40-18-19-7-6-8-21(32)14-19/h6-12,14-17H,3-5,13,18H2,1-2H3,(H,33,35,37)/b24-15-. The highest BCUT2D eigenvalue weighted by molar-refractivity contribution is 9.10. The summed E-state index contributed by atoms with van der Waals surface area (Å²) in [4.78, 5) is 39.5. The van der Waals surface area contributed by atoms with Gasteiger partial charge in [0.1, 0.15) is 23.7 Å². The molecule has 0 atom stereocenters. The third-order valence-corrected chi connectivity index (χ3v) is 6.47. The average molecular weight is 611 g/mol. The maximum absolute atomic E-state index is 13.6. The molecule has 10 heteroatoms. The van der Waals surface area contributed by atoms with E-state index in [4.69, 9.17) is 14.2 Å². The zero-order valence-electron chi connectivity index (χ0n) is 22.0. The third kappa shape index (κ3) is 6.87. The molecular formula is C30H28BrFN2O6. The number of benzene rings is 3. The lowest BCUT2D eigenvalue weighted by atomic mass is 10.1. The molecule has 1 saturated heterocycles. The normalized spacial score (nSPS) is 14.3. The average Bonchev–Trinajstić information content (AvgIpc) is 2.92. The molecule has 0 aliphatic carbocycles. The van der Waals surface area contributed by atoms with Crippen molar-refractivity contribution >= 4 is 45.5 Å². The highest BCUT2D eigenvalue weighted by atomic mass is 79.9. The van der Waals surface area contributed by atoms with Crippen molar-refractivity contribution < 1.29 is 33.0 Å². The molecule has 3 aromatic carbocycles. The molecule has 1 heterocycles. The number of anilines is 1. The van der Waals surface area contributed by atoms with Crippen LogP contribution < -0.4 is 24.4 Å². The number of hydrogen-bond acceptors (Lipinski definition) is 6. The van der Waals surface area contributed by atoms with Crippen LogP contribution in [0, 0.1) is 5.82 Å². The monoisotopic (exact) mass is 610 g/mol. The second kappa shape index (κ2) is 13.3. The van der Waals surface area contributed by atoms with Crippen LogP contribution >= 0.6 is 15.9 Å². The molecule has 0 saturated carbocycles. The first-order valence-corrected chi connectivity index (χ1v) is 13.6. The lowest BCUT2D eigenvalue weighted by molar-refractivity contribution is -0.122. The van der Waals surface area contributed by atoms with Gasteiger partial charge < -0.3 is 14.2 Å². The van der Waals surface area contributed by atoms with Gasteiger partial charge in [0, 0.05) is 0 Å². The van der Waals surface area contributed by atoms with E-state index in [-0.39, 0.29) is 18.0 Å². The lowest BCUT2D eigenvalue weighted by Crippen LogP contribution is -2.54. The quantitative estimate of drug-likeness (QED) is 0.153. The first-order valence-electron chi connectivity index (χ1n) is 12.8. The molecule has 0 bridgehead atoms. The number of halogens is 2. The molecule has 40 heavy (non-hydrogen) atoms. The minimum absolute atomic E-state index is 0.0945. The van der Waals surface area contributed by atoms with Crippen molar-refractivity contribution in [2.45, 2.75) is 33.3 Å². The fraction of sp³-hybridized carbons (Fsp3) is 0.233. The summed E-state index contributed by atoms with van der Waals surface area (Å²) in [6.45, 7) is 4.85. The second-order valence-corrected chi connectivity index (χ2v) is 9.69. The molecule has 0 spiro atoms. The van der Waals surface area contributed by atoms with Crippen molar-refractivity contribution in [1.29, 1.82) is 0 Å². The summed E-state index contributed by atoms with van der Waals surface area (Å²) >= 11 is 3.47. The second-order valence-electron chi connectivity index (χ2n) is 8.84. The number of nitrogens with one attached hydrogen (secondary N) is 1. The number of nitrogens with zero attached hydrogens (tertiary/aromatic N) is 1. The molecule has 0 radical (unpaired) electrons. The fourth-order valence-corrected chi connectivity index (χ4v) is 4.52. The van der Waals surface area contributed by atoms with Crippen LogP contribution in [0.5, 0.6) is 17.2 Å². The number of barbiturate groups is 1. The smallest absolute Gasteiger partial charge is 0.335 e. The van der Waals surface area contributed by atoms with Gasteiger partial charge in [-0.1, -0.05) is 25.5 Å². The summed E-state index contributed by atoms with van der Waals surface area (Å²) in [5.74, 6) is -0.602. The van der Waals surface area contributed by atoms with Crippen LogP contribution in [0.2, 0.25) is 0 Å². The number of hydrogen-bond donors (Lipinski definition) is 1. The van der Waals surface area contributed by atoms with Crippen molar-refractivity contribution in [3.8, 4) is 17.2 Å². The van der Waals surface area contributed by atoms with Gasteiger partial charge >= 0.3 is 6.03 Å². The van der Waals surface area contributed by atoms with Gasteiger partial charge in [-0.3, -0.25) is 14.9 Å². The Morgan fingerprint density at radius 3 is 2.45 bits per heavy atom. The van der Waals surface area contributed by atoms with Crippen molar-refractivity contribution in [3.05, 3.63) is 87.7 Å². The summed E-state index contributed by atoms with van der Waals surface area (Å²) in [5.41, 5.74) is 1.16. The van der Waals surface area contributed by atoms with Gasteiger partial charge in [0.15, 0.2) is 11.5 Å². The molecule has 0 unspecified atom stereocenters. The van der Waals surface area contributed by atoms with Crippen molar-refractivity contribution in [2.24, 2.45) is 0 Å². The number of imide groups is 2. The van der Waals surface area contributed by atoms with Gasteiger partial charge in [0.2, 0.25) is 0 Å². The Kier molecular flexibility index (Phi) is 9.55. The number of carbonyl (C=O) groups is 3. The molecule has 208 valence electrons.